The third-order valence-electron chi connectivity index (χ3n) is 12.0. The second-order valence-electron chi connectivity index (χ2n) is 15.6. The van der Waals surface area contributed by atoms with Crippen molar-refractivity contribution in [1.29, 1.82) is 0 Å². The lowest BCUT2D eigenvalue weighted by atomic mass is 9.51. The number of hydrogen-bond acceptors (Lipinski definition) is 8. The predicted molar refractivity (Wildman–Crippen MR) is 173 cm³/mol. The maximum absolute atomic E-state index is 15.0. The van der Waals surface area contributed by atoms with E-state index in [2.05, 4.69) is 6.58 Å². The van der Waals surface area contributed by atoms with E-state index in [1.54, 1.807) is 6.08 Å². The Morgan fingerprint density at radius 3 is 2.43 bits per heavy atom. The number of carbonyl (C=O) groups excluding carboxylic acids is 2. The largest absolute Gasteiger partial charge is 0.507 e. The van der Waals surface area contributed by atoms with E-state index in [4.69, 9.17) is 14.2 Å². The first-order valence-electron chi connectivity index (χ1n) is 16.6. The van der Waals surface area contributed by atoms with Crippen LogP contribution in [0.1, 0.15) is 102 Å². The Balaban J connectivity index is 1.53. The zero-order chi connectivity index (χ0) is 34.2. The monoisotopic (exact) mass is 644 g/mol. The Morgan fingerprint density at radius 1 is 1.09 bits per heavy atom. The van der Waals surface area contributed by atoms with E-state index in [-0.39, 0.29) is 46.3 Å². The molecule has 4 aliphatic carbocycles. The van der Waals surface area contributed by atoms with Crippen molar-refractivity contribution in [1.82, 2.24) is 0 Å². The Bertz CT molecular complexity index is 1770. The van der Waals surface area contributed by atoms with Crippen molar-refractivity contribution >= 4 is 17.5 Å². The summed E-state index contributed by atoms with van der Waals surface area (Å²) in [5.74, 6) is -3.32. The van der Waals surface area contributed by atoms with Crippen molar-refractivity contribution in [2.75, 3.05) is 0 Å². The predicted octanol–water partition coefficient (Wildman–Crippen LogP) is 5.91. The van der Waals surface area contributed by atoms with Gasteiger partial charge in [-0.15, -0.1) is 0 Å². The molecule has 6 bridgehead atoms. The number of ether oxygens (including phenoxy) is 3. The van der Waals surface area contributed by atoms with Crippen LogP contribution < -0.4 is 9.47 Å². The van der Waals surface area contributed by atoms with Gasteiger partial charge in [0.15, 0.2) is 22.8 Å². The number of aliphatic hydroxyl groups excluding tert-OH is 1. The molecule has 8 rings (SSSR count). The summed E-state index contributed by atoms with van der Waals surface area (Å²) in [6.07, 6.45) is 6.10. The van der Waals surface area contributed by atoms with Crippen LogP contribution in [-0.2, 0) is 20.7 Å². The minimum atomic E-state index is -1.66. The summed E-state index contributed by atoms with van der Waals surface area (Å²) in [6, 6.07) is 0. The number of carbonyl (C=O) groups is 3. The second-order valence-corrected chi connectivity index (χ2v) is 15.6. The molecule has 3 heterocycles. The van der Waals surface area contributed by atoms with Crippen LogP contribution in [-0.4, -0.2) is 61.4 Å². The van der Waals surface area contributed by atoms with Crippen LogP contribution in [0.15, 0.2) is 47.1 Å². The molecule has 9 nitrogen and oxygen atoms in total. The normalized spacial score (nSPS) is 37.1. The van der Waals surface area contributed by atoms with E-state index in [9.17, 15) is 29.7 Å². The zero-order valence-electron chi connectivity index (χ0n) is 28.2. The van der Waals surface area contributed by atoms with Gasteiger partial charge >= 0.3 is 5.97 Å². The molecule has 0 aromatic heterocycles. The molecule has 1 saturated heterocycles. The lowest BCUT2D eigenvalue weighted by Crippen LogP contribution is -2.72. The molecular weight excluding hydrogens is 600 g/mol. The summed E-state index contributed by atoms with van der Waals surface area (Å²) in [4.78, 5) is 41.1. The molecule has 1 aromatic carbocycles. The molecule has 2 saturated carbocycles. The van der Waals surface area contributed by atoms with E-state index < -0.39 is 58.0 Å². The summed E-state index contributed by atoms with van der Waals surface area (Å²) in [6.45, 7) is 17.2. The first-order valence-corrected chi connectivity index (χ1v) is 16.6. The zero-order valence-corrected chi connectivity index (χ0v) is 28.2. The number of benzene rings is 1. The van der Waals surface area contributed by atoms with Gasteiger partial charge in [-0.3, -0.25) is 9.59 Å². The molecule has 7 aliphatic rings. The summed E-state index contributed by atoms with van der Waals surface area (Å²) in [5.41, 5.74) is -1.93. The van der Waals surface area contributed by atoms with E-state index in [1.807, 2.05) is 47.6 Å². The highest BCUT2D eigenvalue weighted by atomic mass is 16.6. The maximum Gasteiger partial charge on any atom is 0.330 e. The van der Waals surface area contributed by atoms with Gasteiger partial charge in [0, 0.05) is 46.4 Å². The summed E-state index contributed by atoms with van der Waals surface area (Å²) in [7, 11) is 0. The number of allylic oxidation sites excluding steroid dienone is 4. The van der Waals surface area contributed by atoms with Crippen LogP contribution in [0.4, 0.5) is 0 Å². The van der Waals surface area contributed by atoms with Gasteiger partial charge in [-0.1, -0.05) is 36.0 Å². The van der Waals surface area contributed by atoms with Crippen molar-refractivity contribution in [2.45, 2.75) is 115 Å². The summed E-state index contributed by atoms with van der Waals surface area (Å²) in [5, 5.41) is 33.6. The third-order valence-corrected chi connectivity index (χ3v) is 12.0. The highest BCUT2D eigenvalue weighted by Crippen LogP contribution is 2.69. The van der Waals surface area contributed by atoms with Crippen LogP contribution in [0.3, 0.4) is 0 Å². The van der Waals surface area contributed by atoms with Crippen molar-refractivity contribution in [3.63, 3.8) is 0 Å². The fourth-order valence-corrected chi connectivity index (χ4v) is 9.64. The number of hydrogen-bond donors (Lipinski definition) is 3. The van der Waals surface area contributed by atoms with E-state index in [0.717, 1.165) is 11.1 Å². The Labute approximate surface area is 275 Å². The topological polar surface area (TPSA) is 140 Å². The molecule has 4 unspecified atom stereocenters. The molecule has 3 N–H and O–H groups in total. The summed E-state index contributed by atoms with van der Waals surface area (Å²) >= 11 is 0. The van der Waals surface area contributed by atoms with Gasteiger partial charge in [0.25, 0.3) is 0 Å². The molecule has 1 spiro atoms. The molecule has 1 aromatic rings. The smallest absolute Gasteiger partial charge is 0.330 e. The first-order chi connectivity index (χ1) is 21.9. The van der Waals surface area contributed by atoms with Crippen molar-refractivity contribution < 1.29 is 43.9 Å². The van der Waals surface area contributed by atoms with Crippen LogP contribution in [0.5, 0.6) is 17.2 Å². The molecule has 0 radical (unpaired) electrons. The van der Waals surface area contributed by atoms with E-state index >= 15 is 0 Å². The molecule has 0 amide bonds. The quantitative estimate of drug-likeness (QED) is 0.255. The van der Waals surface area contributed by atoms with E-state index in [1.165, 1.54) is 13.0 Å². The standard InChI is InChI=1S/C38H44O9/c1-17(2)9-10-22-30-26(25-21(18(3)4)12-13-36(8,45-30)33(25)42)29(40)27-28(39)23-15-20-16-24-35(6,7)47-37(32(20)41,14-11-19(5)34(43)44)38(23,24)46-31(22)27/h9,11,15,20-21,24-25,33,40,42H,3,10,12-14,16H2,1-2,4-8H3,(H,43,44)/b19-11+/t20-,21?,24?,25-,33+,36-,37?,38?/m1/s1. The van der Waals surface area contributed by atoms with Crippen molar-refractivity contribution in [3.8, 4) is 17.2 Å². The van der Waals surface area contributed by atoms with Gasteiger partial charge in [0.1, 0.15) is 34.5 Å². The number of rotatable bonds is 6. The first kappa shape index (κ1) is 31.9. The number of fused-ring (bicyclic) bond motifs is 5. The number of phenols is 1. The number of aliphatic hydroxyl groups is 1. The van der Waals surface area contributed by atoms with Crippen molar-refractivity contribution in [3.05, 3.63) is 63.8 Å². The van der Waals surface area contributed by atoms with Crippen molar-refractivity contribution in [2.24, 2.45) is 17.8 Å². The van der Waals surface area contributed by atoms with E-state index in [0.29, 0.717) is 42.6 Å². The Morgan fingerprint density at radius 2 is 1.79 bits per heavy atom. The summed E-state index contributed by atoms with van der Waals surface area (Å²) < 4.78 is 20.6. The van der Waals surface area contributed by atoms with Gasteiger partial charge < -0.3 is 29.5 Å². The molecule has 3 aliphatic heterocycles. The van der Waals surface area contributed by atoms with Crippen LogP contribution in [0, 0.1) is 17.8 Å². The van der Waals surface area contributed by atoms with Gasteiger partial charge in [-0.25, -0.2) is 4.79 Å². The van der Waals surface area contributed by atoms with Crippen LogP contribution in [0.25, 0.3) is 0 Å². The third kappa shape index (κ3) is 3.93. The molecule has 3 fully saturated rings. The van der Waals surface area contributed by atoms with Crippen LogP contribution in [0.2, 0.25) is 0 Å². The Hall–Kier alpha value is -3.69. The average molecular weight is 645 g/mol. The molecule has 9 heteroatoms. The van der Waals surface area contributed by atoms with Gasteiger partial charge in [-0.2, -0.15) is 0 Å². The molecule has 8 atom stereocenters. The number of carboxylic acids is 1. The van der Waals surface area contributed by atoms with Gasteiger partial charge in [0.05, 0.1) is 5.60 Å². The number of Topliss-reactive ketones (excluding diaryl/α,β-unsaturated/α-hetero) is 2. The number of aromatic hydroxyl groups is 1. The number of phenolic OH excluding ortho intramolecular Hbond substituents is 1. The lowest BCUT2D eigenvalue weighted by molar-refractivity contribution is -0.171. The van der Waals surface area contributed by atoms with Crippen LogP contribution >= 0.6 is 0 Å². The second kappa shape index (κ2) is 9.92. The molecule has 47 heavy (non-hydrogen) atoms. The van der Waals surface area contributed by atoms with Gasteiger partial charge in [-0.05, 0) is 80.1 Å². The fraction of sp³-hybridized carbons (Fsp3) is 0.553. The fourth-order valence-electron chi connectivity index (χ4n) is 9.64. The highest BCUT2D eigenvalue weighted by molar-refractivity contribution is 6.18. The highest BCUT2D eigenvalue weighted by Gasteiger charge is 2.81. The number of ketones is 2. The minimum absolute atomic E-state index is 0.00663. The SMILES string of the molecule is C=C(C)C1CC[C@@]2(C)Oc3c(CC=C(C)C)c4c(c(O)c3[C@@H]1[C@@H]2O)C(=O)C1=C[C@@H]2CC3C(C)(C)OC(C/C=C(\C)C(=O)O)(C2=O)C13O4. The molecule has 250 valence electrons. The average Bonchev–Trinajstić information content (AvgIpc) is 3.13. The minimum Gasteiger partial charge on any atom is -0.507 e. The number of aliphatic carboxylic acids is 1. The maximum atomic E-state index is 15.0. The Kier molecular flexibility index (Phi) is 6.73. The van der Waals surface area contributed by atoms with Gasteiger partial charge in [0.2, 0.25) is 0 Å². The molecular formula is C38H44O9. The lowest BCUT2D eigenvalue weighted by Gasteiger charge is -2.57. The number of carboxylic acid groups (broad SMARTS) is 1.